The molecule has 1 aromatic heterocycles. The predicted octanol–water partition coefficient (Wildman–Crippen LogP) is 1.51. The molecule has 2 heterocycles. The van der Waals surface area contributed by atoms with E-state index in [0.717, 1.165) is 31.3 Å². The van der Waals surface area contributed by atoms with E-state index >= 15 is 0 Å². The van der Waals surface area contributed by atoms with Crippen molar-refractivity contribution in [1.29, 1.82) is 0 Å². The summed E-state index contributed by atoms with van der Waals surface area (Å²) < 4.78 is 5.27. The number of guanidine groups is 1. The highest BCUT2D eigenvalue weighted by Gasteiger charge is 2.13. The Hall–Kier alpha value is -0.410. The predicted molar refractivity (Wildman–Crippen MR) is 84.8 cm³/mol. The zero-order chi connectivity index (χ0) is 12.1. The number of rotatable bonds is 3. The van der Waals surface area contributed by atoms with Gasteiger partial charge in [-0.3, -0.25) is 4.99 Å². The molecule has 1 unspecified atom stereocenters. The molecule has 1 aliphatic rings. The molecule has 1 fully saturated rings. The number of thiazole rings is 1. The molecule has 1 atom stereocenters. The third-order valence-electron chi connectivity index (χ3n) is 2.74. The van der Waals surface area contributed by atoms with E-state index in [2.05, 4.69) is 21.8 Å². The SMILES string of the molecule is CC(CN=C(N)N1CCOCC1)c1nccs1.I. The van der Waals surface area contributed by atoms with Crippen molar-refractivity contribution in [2.45, 2.75) is 12.8 Å². The molecule has 18 heavy (non-hydrogen) atoms. The van der Waals surface area contributed by atoms with Crippen molar-refractivity contribution in [1.82, 2.24) is 9.88 Å². The van der Waals surface area contributed by atoms with Gasteiger partial charge < -0.3 is 15.4 Å². The molecule has 102 valence electrons. The number of hydrogen-bond acceptors (Lipinski definition) is 4. The summed E-state index contributed by atoms with van der Waals surface area (Å²) in [7, 11) is 0. The van der Waals surface area contributed by atoms with Gasteiger partial charge in [-0.15, -0.1) is 35.3 Å². The standard InChI is InChI=1S/C11H18N4OS.HI/c1-9(10-13-2-7-17-10)8-14-11(12)15-3-5-16-6-4-15;/h2,7,9H,3-6,8H2,1H3,(H2,12,14);1H. The number of aliphatic imine (C=N–C) groups is 1. The van der Waals surface area contributed by atoms with Crippen molar-refractivity contribution in [3.8, 4) is 0 Å². The molecule has 5 nitrogen and oxygen atoms in total. The summed E-state index contributed by atoms with van der Waals surface area (Å²) in [5.74, 6) is 0.950. The van der Waals surface area contributed by atoms with Crippen LogP contribution in [0.15, 0.2) is 16.6 Å². The van der Waals surface area contributed by atoms with Gasteiger partial charge in [0, 0.05) is 30.6 Å². The molecule has 1 aromatic rings. The van der Waals surface area contributed by atoms with E-state index in [1.54, 1.807) is 11.3 Å². The Morgan fingerprint density at radius 2 is 2.33 bits per heavy atom. The van der Waals surface area contributed by atoms with Gasteiger partial charge in [-0.1, -0.05) is 6.92 Å². The quantitative estimate of drug-likeness (QED) is 0.489. The molecule has 0 radical (unpaired) electrons. The van der Waals surface area contributed by atoms with Gasteiger partial charge in [0.05, 0.1) is 24.8 Å². The highest BCUT2D eigenvalue weighted by Crippen LogP contribution is 2.17. The summed E-state index contributed by atoms with van der Waals surface area (Å²) in [4.78, 5) is 10.8. The monoisotopic (exact) mass is 382 g/mol. The van der Waals surface area contributed by atoms with E-state index < -0.39 is 0 Å². The van der Waals surface area contributed by atoms with E-state index in [4.69, 9.17) is 10.5 Å². The molecule has 7 heteroatoms. The van der Waals surface area contributed by atoms with E-state index in [0.29, 0.717) is 18.4 Å². The molecule has 0 aromatic carbocycles. The van der Waals surface area contributed by atoms with Gasteiger partial charge in [-0.25, -0.2) is 4.98 Å². The molecular formula is C11H19IN4OS. The molecule has 0 bridgehead atoms. The fraction of sp³-hybridized carbons (Fsp3) is 0.636. The lowest BCUT2D eigenvalue weighted by molar-refractivity contribution is 0.0674. The first-order chi connectivity index (χ1) is 8.27. The Labute approximate surface area is 128 Å². The number of halogens is 1. The number of hydrogen-bond donors (Lipinski definition) is 1. The summed E-state index contributed by atoms with van der Waals surface area (Å²) in [6, 6.07) is 0. The van der Waals surface area contributed by atoms with Gasteiger partial charge in [0.15, 0.2) is 5.96 Å². The molecule has 0 amide bonds. The molecule has 0 spiro atoms. The summed E-state index contributed by atoms with van der Waals surface area (Å²) in [6.07, 6.45) is 1.82. The zero-order valence-corrected chi connectivity index (χ0v) is 13.6. The van der Waals surface area contributed by atoms with Crippen molar-refractivity contribution in [3.05, 3.63) is 16.6 Å². The zero-order valence-electron chi connectivity index (χ0n) is 10.4. The Kier molecular flexibility index (Phi) is 6.87. The van der Waals surface area contributed by atoms with Crippen LogP contribution in [0.2, 0.25) is 0 Å². The topological polar surface area (TPSA) is 63.7 Å². The Morgan fingerprint density at radius 1 is 1.61 bits per heavy atom. The first-order valence-corrected chi connectivity index (χ1v) is 6.67. The number of nitrogens with zero attached hydrogens (tertiary/aromatic N) is 3. The number of ether oxygens (including phenoxy) is 1. The first kappa shape index (κ1) is 15.6. The van der Waals surface area contributed by atoms with Crippen molar-refractivity contribution in [3.63, 3.8) is 0 Å². The smallest absolute Gasteiger partial charge is 0.191 e. The molecule has 0 aliphatic carbocycles. The van der Waals surface area contributed by atoms with E-state index in [9.17, 15) is 0 Å². The van der Waals surface area contributed by atoms with Crippen LogP contribution >= 0.6 is 35.3 Å². The summed E-state index contributed by atoms with van der Waals surface area (Å²) >= 11 is 1.66. The second-order valence-corrected chi connectivity index (χ2v) is 5.00. The minimum absolute atomic E-state index is 0. The maximum absolute atomic E-state index is 5.95. The lowest BCUT2D eigenvalue weighted by atomic mass is 10.2. The maximum Gasteiger partial charge on any atom is 0.191 e. The third-order valence-corrected chi connectivity index (χ3v) is 3.74. The minimum atomic E-state index is 0. The average molecular weight is 382 g/mol. The van der Waals surface area contributed by atoms with Crippen molar-refractivity contribution in [2.75, 3.05) is 32.8 Å². The summed E-state index contributed by atoms with van der Waals surface area (Å²) in [6.45, 7) is 5.95. The van der Waals surface area contributed by atoms with Crippen molar-refractivity contribution < 1.29 is 4.74 Å². The molecule has 2 N–H and O–H groups in total. The average Bonchev–Trinajstić information content (AvgIpc) is 2.90. The van der Waals surface area contributed by atoms with Gasteiger partial charge in [0.25, 0.3) is 0 Å². The Morgan fingerprint density at radius 3 is 2.94 bits per heavy atom. The molecule has 2 rings (SSSR count). The van der Waals surface area contributed by atoms with Crippen LogP contribution in [-0.2, 0) is 4.74 Å². The van der Waals surface area contributed by atoms with Crippen LogP contribution < -0.4 is 5.73 Å². The maximum atomic E-state index is 5.95. The normalized spacial score (nSPS) is 18.3. The highest BCUT2D eigenvalue weighted by molar-refractivity contribution is 14.0. The van der Waals surface area contributed by atoms with Crippen LogP contribution in [0.1, 0.15) is 17.8 Å². The van der Waals surface area contributed by atoms with E-state index in [1.165, 1.54) is 0 Å². The highest BCUT2D eigenvalue weighted by atomic mass is 127. The largest absolute Gasteiger partial charge is 0.378 e. The van der Waals surface area contributed by atoms with Gasteiger partial charge >= 0.3 is 0 Å². The number of morpholine rings is 1. The van der Waals surface area contributed by atoms with Crippen molar-refractivity contribution >= 4 is 41.3 Å². The van der Waals surface area contributed by atoms with Gasteiger partial charge in [0.1, 0.15) is 0 Å². The first-order valence-electron chi connectivity index (χ1n) is 5.79. The van der Waals surface area contributed by atoms with Crippen LogP contribution in [0, 0.1) is 0 Å². The molecule has 0 saturated carbocycles. The van der Waals surface area contributed by atoms with Crippen LogP contribution in [0.25, 0.3) is 0 Å². The number of aromatic nitrogens is 1. The summed E-state index contributed by atoms with van der Waals surface area (Å²) in [5, 5.41) is 3.10. The lowest BCUT2D eigenvalue weighted by Gasteiger charge is -2.27. The Balaban J connectivity index is 0.00000162. The Bertz CT molecular complexity index is 365. The fourth-order valence-electron chi connectivity index (χ4n) is 1.68. The van der Waals surface area contributed by atoms with Crippen molar-refractivity contribution in [2.24, 2.45) is 10.7 Å². The third kappa shape index (κ3) is 4.36. The fourth-order valence-corrected chi connectivity index (χ4v) is 2.37. The van der Waals surface area contributed by atoms with Gasteiger partial charge in [-0.05, 0) is 0 Å². The van der Waals surface area contributed by atoms with E-state index in [-0.39, 0.29) is 24.0 Å². The van der Waals surface area contributed by atoms with Crippen LogP contribution in [0.3, 0.4) is 0 Å². The van der Waals surface area contributed by atoms with Gasteiger partial charge in [-0.2, -0.15) is 0 Å². The second kappa shape index (κ2) is 7.90. The van der Waals surface area contributed by atoms with Crippen LogP contribution in [0.5, 0.6) is 0 Å². The molecular weight excluding hydrogens is 363 g/mol. The second-order valence-electron chi connectivity index (χ2n) is 4.07. The lowest BCUT2D eigenvalue weighted by Crippen LogP contribution is -2.45. The van der Waals surface area contributed by atoms with Crippen LogP contribution in [0.4, 0.5) is 0 Å². The number of nitrogens with two attached hydrogens (primary N) is 1. The molecule has 1 aliphatic heterocycles. The minimum Gasteiger partial charge on any atom is -0.378 e. The summed E-state index contributed by atoms with van der Waals surface area (Å²) in [5.41, 5.74) is 5.95. The van der Waals surface area contributed by atoms with E-state index in [1.807, 2.05) is 11.6 Å². The molecule has 1 saturated heterocycles. The van der Waals surface area contributed by atoms with Gasteiger partial charge in [0.2, 0.25) is 0 Å². The van der Waals surface area contributed by atoms with Crippen LogP contribution in [-0.4, -0.2) is 48.7 Å².